The first kappa shape index (κ1) is 26.2. The summed E-state index contributed by atoms with van der Waals surface area (Å²) in [5, 5.41) is 14.6. The molecule has 4 aliphatic carbocycles. The molecule has 1 aliphatic heterocycles. The maximum atomic E-state index is 13.3. The van der Waals surface area contributed by atoms with E-state index in [1.165, 1.54) is 0 Å². The van der Waals surface area contributed by atoms with Crippen LogP contribution in [0.25, 0.3) is 0 Å². The third-order valence-electron chi connectivity index (χ3n) is 9.08. The van der Waals surface area contributed by atoms with Crippen LogP contribution in [0.1, 0.15) is 49.5 Å². The number of aliphatic hydroxyl groups is 1. The largest absolute Gasteiger partial charge is 0.482 e. The number of nitrogens with two attached hydrogens (primary N) is 1. The molecule has 4 N–H and O–H groups in total. The highest BCUT2D eigenvalue weighted by molar-refractivity contribution is 6.32. The number of primary amides is 1. The number of anilines is 2. The number of rotatable bonds is 7. The van der Waals surface area contributed by atoms with Gasteiger partial charge in [-0.1, -0.05) is 17.7 Å². The Morgan fingerprint density at radius 1 is 1.18 bits per heavy atom. The lowest BCUT2D eigenvalue weighted by molar-refractivity contribution is -0.137. The highest BCUT2D eigenvalue weighted by Crippen LogP contribution is 2.55. The van der Waals surface area contributed by atoms with Crippen molar-refractivity contribution in [3.05, 3.63) is 47.1 Å². The number of nitrogens with zero attached hydrogens (tertiary/aromatic N) is 3. The third kappa shape index (κ3) is 5.26. The molecular weight excluding hydrogens is 518 g/mol. The molecule has 4 saturated carbocycles. The van der Waals surface area contributed by atoms with Crippen LogP contribution in [0.5, 0.6) is 5.75 Å². The number of hydrogen-bond acceptors (Lipinski definition) is 7. The van der Waals surface area contributed by atoms with Crippen LogP contribution in [-0.2, 0) is 4.79 Å². The fraction of sp³-hybridized carbons (Fsp3) is 0.552. The monoisotopic (exact) mass is 553 g/mol. The number of ether oxygens (including phenoxy) is 1. The van der Waals surface area contributed by atoms with Gasteiger partial charge in [-0.15, -0.1) is 0 Å². The molecule has 5 aliphatic rings. The fourth-order valence-electron chi connectivity index (χ4n) is 7.64. The molecule has 2 heterocycles. The lowest BCUT2D eigenvalue weighted by Gasteiger charge is -2.58. The minimum absolute atomic E-state index is 0.124. The molecule has 1 aromatic carbocycles. The molecule has 1 aromatic heterocycles. The topological polar surface area (TPSA) is 121 Å². The van der Waals surface area contributed by atoms with Gasteiger partial charge in [0.25, 0.3) is 11.8 Å². The molecule has 7 rings (SSSR count). The molecule has 2 aromatic rings. The number of carbonyl (C=O) groups is 2. The number of nitrogens with one attached hydrogen (secondary N) is 1. The zero-order valence-electron chi connectivity index (χ0n) is 22.2. The van der Waals surface area contributed by atoms with Crippen molar-refractivity contribution in [3.8, 4) is 5.75 Å². The standard InChI is InChI=1S/C29H36ClN5O4/c1-17-15-34(21-5-6-24(22(30)11-21)39-16-25(31)36)7-8-35(17)26-4-2-3-23(32-26)28(37)33-27-19-9-18-10-20(27)14-29(38,12-18)13-19/h2-6,11,17-20,27,38H,7-10,12-16H2,1H3,(H2,31,36)(H,33,37)/t17-,18?,19?,20?,27-,29-/m1/s1. The van der Waals surface area contributed by atoms with E-state index < -0.39 is 11.5 Å². The van der Waals surface area contributed by atoms with E-state index in [2.05, 4.69) is 22.0 Å². The number of benzene rings is 1. The minimum atomic E-state index is -0.553. The summed E-state index contributed by atoms with van der Waals surface area (Å²) in [6.45, 7) is 4.18. The van der Waals surface area contributed by atoms with Crippen LogP contribution in [0, 0.1) is 17.8 Å². The average molecular weight is 554 g/mol. The van der Waals surface area contributed by atoms with Crippen molar-refractivity contribution in [2.75, 3.05) is 36.0 Å². The zero-order valence-corrected chi connectivity index (χ0v) is 22.9. The number of amides is 2. The lowest BCUT2D eigenvalue weighted by Crippen LogP contribution is -2.61. The van der Waals surface area contributed by atoms with Gasteiger partial charge < -0.3 is 30.7 Å². The van der Waals surface area contributed by atoms with Gasteiger partial charge in [0.2, 0.25) is 0 Å². The Labute approximate surface area is 233 Å². The molecule has 1 saturated heterocycles. The first-order chi connectivity index (χ1) is 18.7. The van der Waals surface area contributed by atoms with Gasteiger partial charge in [0.15, 0.2) is 6.61 Å². The predicted octanol–water partition coefficient (Wildman–Crippen LogP) is 2.98. The van der Waals surface area contributed by atoms with Gasteiger partial charge in [-0.05, 0) is 87.1 Å². The van der Waals surface area contributed by atoms with Crippen molar-refractivity contribution in [1.82, 2.24) is 10.3 Å². The lowest BCUT2D eigenvalue weighted by atomic mass is 9.52. The summed E-state index contributed by atoms with van der Waals surface area (Å²) in [6.07, 6.45) is 4.74. The Balaban J connectivity index is 1.09. The molecule has 2 amide bonds. The van der Waals surface area contributed by atoms with Crippen LogP contribution in [0.4, 0.5) is 11.5 Å². The van der Waals surface area contributed by atoms with E-state index in [1.54, 1.807) is 12.1 Å². The second-order valence-corrected chi connectivity index (χ2v) is 12.3. The SMILES string of the molecule is C[C@@H]1CN(c2ccc(OCC(N)=O)c(Cl)c2)CCN1c1cccc(C(=O)N[C@H]2C3CC4CC2C[C@](O)(C4)C3)n1. The summed E-state index contributed by atoms with van der Waals surface area (Å²) in [5.74, 6) is 1.87. The predicted molar refractivity (Wildman–Crippen MR) is 149 cm³/mol. The Bertz CT molecular complexity index is 1260. The van der Waals surface area contributed by atoms with Gasteiger partial charge in [-0.2, -0.15) is 0 Å². The van der Waals surface area contributed by atoms with E-state index in [-0.39, 0.29) is 24.6 Å². The van der Waals surface area contributed by atoms with E-state index in [1.807, 2.05) is 24.3 Å². The van der Waals surface area contributed by atoms with Gasteiger partial charge in [-0.25, -0.2) is 4.98 Å². The molecule has 208 valence electrons. The average Bonchev–Trinajstić information content (AvgIpc) is 2.89. The Morgan fingerprint density at radius 3 is 2.62 bits per heavy atom. The number of aromatic nitrogens is 1. The number of hydrogen-bond donors (Lipinski definition) is 3. The second-order valence-electron chi connectivity index (χ2n) is 11.9. The van der Waals surface area contributed by atoms with Crippen LogP contribution in [-0.4, -0.2) is 65.8 Å². The van der Waals surface area contributed by atoms with Crippen LogP contribution in [0.3, 0.4) is 0 Å². The van der Waals surface area contributed by atoms with E-state index in [9.17, 15) is 14.7 Å². The summed E-state index contributed by atoms with van der Waals surface area (Å²) in [6, 6.07) is 11.5. The molecule has 2 unspecified atom stereocenters. The van der Waals surface area contributed by atoms with Crippen molar-refractivity contribution in [2.45, 2.75) is 56.7 Å². The molecular formula is C29H36ClN5O4. The maximum absolute atomic E-state index is 13.3. The highest BCUT2D eigenvalue weighted by Gasteiger charge is 2.55. The first-order valence-corrected chi connectivity index (χ1v) is 14.3. The molecule has 4 bridgehead atoms. The zero-order chi connectivity index (χ0) is 27.3. The van der Waals surface area contributed by atoms with Crippen LogP contribution in [0.2, 0.25) is 5.02 Å². The van der Waals surface area contributed by atoms with Crippen LogP contribution in [0.15, 0.2) is 36.4 Å². The van der Waals surface area contributed by atoms with Gasteiger partial charge in [0.05, 0.1) is 10.6 Å². The molecule has 0 radical (unpaired) electrons. The number of pyridine rings is 1. The first-order valence-electron chi connectivity index (χ1n) is 13.9. The van der Waals surface area contributed by atoms with E-state index in [0.29, 0.717) is 34.2 Å². The third-order valence-corrected chi connectivity index (χ3v) is 9.37. The Kier molecular flexibility index (Phi) is 6.83. The number of carbonyl (C=O) groups excluding carboxylic acids is 2. The quantitative estimate of drug-likeness (QED) is 0.482. The van der Waals surface area contributed by atoms with E-state index in [4.69, 9.17) is 27.1 Å². The number of piperazine rings is 1. The normalized spacial score (nSPS) is 31.3. The summed E-state index contributed by atoms with van der Waals surface area (Å²) >= 11 is 6.38. The Hall–Kier alpha value is -3.04. The molecule has 3 atom stereocenters. The highest BCUT2D eigenvalue weighted by atomic mass is 35.5. The molecule has 9 nitrogen and oxygen atoms in total. The molecule has 5 fully saturated rings. The van der Waals surface area contributed by atoms with Crippen molar-refractivity contribution >= 4 is 34.9 Å². The Morgan fingerprint density at radius 2 is 1.95 bits per heavy atom. The summed E-state index contributed by atoms with van der Waals surface area (Å²) in [5.41, 5.74) is 6.05. The van der Waals surface area contributed by atoms with Crippen molar-refractivity contribution in [2.24, 2.45) is 23.5 Å². The number of halogens is 1. The van der Waals surface area contributed by atoms with Crippen LogP contribution >= 0.6 is 11.6 Å². The smallest absolute Gasteiger partial charge is 0.270 e. The molecule has 39 heavy (non-hydrogen) atoms. The van der Waals surface area contributed by atoms with Gasteiger partial charge >= 0.3 is 0 Å². The van der Waals surface area contributed by atoms with Crippen molar-refractivity contribution < 1.29 is 19.4 Å². The fourth-order valence-corrected chi connectivity index (χ4v) is 7.87. The van der Waals surface area contributed by atoms with Gasteiger partial charge in [0.1, 0.15) is 17.3 Å². The van der Waals surface area contributed by atoms with Crippen molar-refractivity contribution in [3.63, 3.8) is 0 Å². The molecule has 10 heteroatoms. The summed E-state index contributed by atoms with van der Waals surface area (Å²) in [4.78, 5) is 33.6. The van der Waals surface area contributed by atoms with Crippen molar-refractivity contribution in [1.29, 1.82) is 0 Å². The summed E-state index contributed by atoms with van der Waals surface area (Å²) < 4.78 is 5.36. The molecule has 0 spiro atoms. The second kappa shape index (κ2) is 10.2. The van der Waals surface area contributed by atoms with E-state index in [0.717, 1.165) is 63.2 Å². The maximum Gasteiger partial charge on any atom is 0.270 e. The summed E-state index contributed by atoms with van der Waals surface area (Å²) in [7, 11) is 0. The van der Waals surface area contributed by atoms with Crippen LogP contribution < -0.4 is 25.6 Å². The van der Waals surface area contributed by atoms with E-state index >= 15 is 0 Å². The van der Waals surface area contributed by atoms with Gasteiger partial charge in [-0.3, -0.25) is 9.59 Å². The van der Waals surface area contributed by atoms with Gasteiger partial charge in [0, 0.05) is 37.4 Å². The minimum Gasteiger partial charge on any atom is -0.482 e.